The number of nitrogens with zero attached hydrogens (tertiary/aromatic N) is 10. The number of hydrogen-bond donors (Lipinski definition) is 8. The number of nitrogen functional groups attached to an aromatic ring is 2. The van der Waals surface area contributed by atoms with Gasteiger partial charge in [0.05, 0.1) is 62.8 Å². The summed E-state index contributed by atoms with van der Waals surface area (Å²) in [5.74, 6) is -2.22. The number of aromatic amines is 2. The van der Waals surface area contributed by atoms with Crippen molar-refractivity contribution in [2.75, 3.05) is 64.0 Å². The average Bonchev–Trinajstić information content (AvgIpc) is 1.63. The summed E-state index contributed by atoms with van der Waals surface area (Å²) in [6.07, 6.45) is -13.4. The molecule has 4 fully saturated rings. The molecular weight excluding hydrogens is 1330 g/mol. The topological polar surface area (TPSA) is 518 Å². The van der Waals surface area contributed by atoms with Gasteiger partial charge in [-0.3, -0.25) is 60.7 Å². The number of fused-ring (bicyclic) bond motifs is 2. The molecule has 0 amide bonds. The fourth-order valence-corrected chi connectivity index (χ4v) is 16.2. The number of aliphatic hydroxyl groups is 4. The van der Waals surface area contributed by atoms with Gasteiger partial charge < -0.3 is 74.5 Å². The maximum atomic E-state index is 15.1. The van der Waals surface area contributed by atoms with Crippen molar-refractivity contribution in [2.24, 2.45) is 5.41 Å². The van der Waals surface area contributed by atoms with Gasteiger partial charge in [-0.15, -0.1) is 0 Å². The molecule has 10 N–H and O–H groups in total. The smallest absolute Gasteiger partial charge is 0.454 e. The van der Waals surface area contributed by atoms with E-state index in [1.807, 2.05) is 0 Å². The van der Waals surface area contributed by atoms with Crippen LogP contribution in [0.1, 0.15) is 71.3 Å². The number of H-pyrrole nitrogens is 2. The van der Waals surface area contributed by atoms with E-state index in [1.54, 1.807) is 13.8 Å². The van der Waals surface area contributed by atoms with Gasteiger partial charge in [-0.25, -0.2) is 53.4 Å². The molecule has 43 heteroatoms. The molecule has 16 atom stereocenters. The number of methoxy groups -OCH3 is 2. The van der Waals surface area contributed by atoms with Crippen LogP contribution in [0.2, 0.25) is 0 Å². The van der Waals surface area contributed by atoms with Crippen molar-refractivity contribution < 1.29 is 99.9 Å². The summed E-state index contributed by atoms with van der Waals surface area (Å²) in [5.41, 5.74) is 8.54. The molecule has 0 aliphatic carbocycles. The van der Waals surface area contributed by atoms with E-state index in [0.717, 1.165) is 33.7 Å². The molecule has 6 aromatic rings. The van der Waals surface area contributed by atoms with Crippen LogP contribution in [0.3, 0.4) is 0 Å². The number of nitrogens with two attached hydrogens (primary N) is 2. The van der Waals surface area contributed by atoms with Crippen LogP contribution in [0.25, 0.3) is 22.3 Å². The van der Waals surface area contributed by atoms with Crippen LogP contribution in [0, 0.1) is 5.41 Å². The summed E-state index contributed by atoms with van der Waals surface area (Å²) >= 11 is 0.795. The van der Waals surface area contributed by atoms with Gasteiger partial charge in [0.1, 0.15) is 90.4 Å². The molecule has 0 saturated carbocycles. The van der Waals surface area contributed by atoms with E-state index < -0.39 is 184 Å². The first-order valence-electron chi connectivity index (χ1n) is 28.7. The molecule has 0 bridgehead atoms. The summed E-state index contributed by atoms with van der Waals surface area (Å²) in [4.78, 5) is 106. The molecule has 6 aromatic heterocycles. The molecule has 0 aromatic carbocycles. The van der Waals surface area contributed by atoms with Crippen molar-refractivity contribution in [2.45, 2.75) is 139 Å². The third kappa shape index (κ3) is 15.5. The van der Waals surface area contributed by atoms with Crippen LogP contribution >= 0.6 is 36.4 Å². The minimum Gasteiger partial charge on any atom is -0.454 e. The Hall–Kier alpha value is -6.60. The first-order valence-corrected chi connectivity index (χ1v) is 35.0. The second-order valence-corrected chi connectivity index (χ2v) is 30.3. The lowest BCUT2D eigenvalue weighted by Crippen LogP contribution is -2.39. The first kappa shape index (κ1) is 70.2. The predicted molar refractivity (Wildman–Crippen MR) is 323 cm³/mol. The molecule has 0 radical (unpaired) electrons. The Balaban J connectivity index is 0.817. The lowest BCUT2D eigenvalue weighted by Gasteiger charge is -2.28. The Morgan fingerprint density at radius 2 is 1.17 bits per heavy atom. The normalized spacial score (nSPS) is 27.7. The fraction of sp³-hybridized carbons (Fsp3) is 0.608. The number of aromatic nitrogens is 12. The molecule has 39 nitrogen and oxygen atoms in total. The highest BCUT2D eigenvalue weighted by Gasteiger charge is 2.53. The zero-order valence-corrected chi connectivity index (χ0v) is 54.2. The van der Waals surface area contributed by atoms with Crippen LogP contribution in [0.15, 0.2) is 62.7 Å². The number of anilines is 2. The Morgan fingerprint density at radius 1 is 0.681 bits per heavy atom. The highest BCUT2D eigenvalue weighted by atomic mass is 32.7. The predicted octanol–water partition coefficient (Wildman–Crippen LogP) is 0.112. The quantitative estimate of drug-likeness (QED) is 0.0184. The van der Waals surface area contributed by atoms with Gasteiger partial charge in [-0.1, -0.05) is 0 Å². The molecule has 8 unspecified atom stereocenters. The molecule has 10 rings (SSSR count). The van der Waals surface area contributed by atoms with E-state index in [4.69, 9.17) is 72.2 Å². The lowest BCUT2D eigenvalue weighted by molar-refractivity contribution is -0.151. The van der Waals surface area contributed by atoms with Gasteiger partial charge in [0.25, 0.3) is 11.1 Å². The molecular formula is C51H68N14O25P2S2. The molecule has 0 spiro atoms. The molecule has 10 heterocycles. The second kappa shape index (κ2) is 29.4. The third-order valence-electron chi connectivity index (χ3n) is 15.2. The number of hydrogen-bond acceptors (Lipinski definition) is 35. The largest absolute Gasteiger partial charge is 0.509 e. The van der Waals surface area contributed by atoms with Crippen molar-refractivity contribution in [3.63, 3.8) is 0 Å². The van der Waals surface area contributed by atoms with Crippen LogP contribution in [-0.4, -0.2) is 210 Å². The number of esters is 1. The van der Waals surface area contributed by atoms with E-state index in [1.165, 1.54) is 56.2 Å². The summed E-state index contributed by atoms with van der Waals surface area (Å²) in [5, 5.41) is 43.5. The number of nitrogens with one attached hydrogen (secondary N) is 2. The van der Waals surface area contributed by atoms with Crippen molar-refractivity contribution in [3.8, 4) is 0 Å². The summed E-state index contributed by atoms with van der Waals surface area (Å²) in [7, 11) is 2.47. The van der Waals surface area contributed by atoms with E-state index in [-0.39, 0.29) is 53.4 Å². The van der Waals surface area contributed by atoms with Gasteiger partial charge in [0.2, 0.25) is 0 Å². The Kier molecular flexibility index (Phi) is 22.0. The monoisotopic (exact) mass is 1400 g/mol. The number of rotatable bonds is 28. The van der Waals surface area contributed by atoms with Gasteiger partial charge in [-0.2, -0.15) is 0 Å². The fourth-order valence-electron chi connectivity index (χ4n) is 10.6. The Morgan fingerprint density at radius 3 is 1.65 bits per heavy atom. The van der Waals surface area contributed by atoms with E-state index in [9.17, 15) is 53.8 Å². The van der Waals surface area contributed by atoms with Gasteiger partial charge in [-0.05, 0) is 27.7 Å². The van der Waals surface area contributed by atoms with E-state index in [0.29, 0.717) is 28.4 Å². The minimum absolute atomic E-state index is 0.00317. The number of imidazole rings is 2. The standard InChI is InChI=1S/C51H68N14O25P2S2/c1-23(2)84-50(75)81-22-94-92(77,90-38-27(15-67)88-46(40(38)79-6)63-10-8-32(71)61-49(63)74)83-17-29-25(69)12-34(86-29)65-20-57-36-42(53)58-30(59-44(36)65)13-51(3,4)47(72)80-21-93-91(76,89-37-26(14-66)87-45(39(37)78-5)62-9-7-31(70)60-48(62)73)82-16-28-24(68)11-33(85-28)64-19-56-35-41(52)54-18-55-43(35)64/h7-10,18-20,23-29,33-34,37-40,45-46,66-69H,11-17,21-22H2,1-6H3,(H2,52,54,55)(H2,53,58,59)(H,60,70,73)(H,61,71,74)/t24?,25?,26-,27-,28-,29-,33-,34-,37?,38?,39?,40?,45-,46-,91?,92?/m1/s1. The van der Waals surface area contributed by atoms with Crippen molar-refractivity contribution in [1.82, 2.24) is 58.1 Å². The summed E-state index contributed by atoms with van der Waals surface area (Å²) in [6.45, 7) is -5.84. The molecule has 4 aliphatic heterocycles. The number of carbonyl (C=O) groups excluding carboxylic acids is 2. The first-order chi connectivity index (χ1) is 44.7. The van der Waals surface area contributed by atoms with Crippen LogP contribution in [0.4, 0.5) is 16.4 Å². The van der Waals surface area contributed by atoms with Gasteiger partial charge >= 0.3 is 37.1 Å². The summed E-state index contributed by atoms with van der Waals surface area (Å²) in [6, 6.07) is 2.10. The minimum atomic E-state index is -4.68. The zero-order chi connectivity index (χ0) is 67.6. The van der Waals surface area contributed by atoms with Gasteiger partial charge in [0, 0.05) is 80.8 Å². The summed E-state index contributed by atoms with van der Waals surface area (Å²) < 4.78 is 110. The SMILES string of the molecule is COC1C(OP(=O)(OC[C@H]2O[C@@H](n3cnc4c(N)nc(CC(C)(C)C(=O)OCSP(=O)(OC[C@H]5O[C@@H](n6cnc7c(N)ncnc76)CC5O)OC5C(OC)[C@H](n6ccc(=O)[nH]c6=O)O[C@@H]5CO)nc43)CC2O)SCOC(=O)OC(C)C)[C@@H](CO)O[C@H]1n1ccc(=O)[nH]c1=O. The highest BCUT2D eigenvalue weighted by Crippen LogP contribution is 2.64. The number of aliphatic hydroxyl groups excluding tert-OH is 4. The third-order valence-corrected chi connectivity index (χ3v) is 21.9. The van der Waals surface area contributed by atoms with Crippen LogP contribution in [0.5, 0.6) is 0 Å². The molecule has 514 valence electrons. The molecule has 4 aliphatic rings. The highest BCUT2D eigenvalue weighted by molar-refractivity contribution is 8.55. The van der Waals surface area contributed by atoms with E-state index >= 15 is 4.57 Å². The van der Waals surface area contributed by atoms with E-state index in [2.05, 4.69) is 39.9 Å². The van der Waals surface area contributed by atoms with Gasteiger partial charge in [0.15, 0.2) is 41.3 Å². The maximum absolute atomic E-state index is 15.1. The van der Waals surface area contributed by atoms with Crippen molar-refractivity contribution in [3.05, 3.63) is 91.0 Å². The number of carbonyl (C=O) groups is 2. The van der Waals surface area contributed by atoms with Crippen molar-refractivity contribution >= 4 is 82.4 Å². The Labute approximate surface area is 537 Å². The molecule has 4 saturated heterocycles. The Bertz CT molecular complexity index is 4040. The second-order valence-electron chi connectivity index (χ2n) is 22.4. The van der Waals surface area contributed by atoms with Crippen LogP contribution in [-0.2, 0) is 81.1 Å². The lowest BCUT2D eigenvalue weighted by atomic mass is 9.89. The molecule has 94 heavy (non-hydrogen) atoms. The average molecular weight is 1400 g/mol. The maximum Gasteiger partial charge on any atom is 0.509 e. The van der Waals surface area contributed by atoms with Crippen LogP contribution < -0.4 is 34.0 Å². The van der Waals surface area contributed by atoms with Crippen molar-refractivity contribution in [1.29, 1.82) is 0 Å². The number of ether oxygens (including phenoxy) is 9. The zero-order valence-electron chi connectivity index (χ0n) is 50.8.